The van der Waals surface area contributed by atoms with Crippen LogP contribution >= 0.6 is 12.6 Å². The average molecular weight is 242 g/mol. The van der Waals surface area contributed by atoms with E-state index in [0.29, 0.717) is 0 Å². The van der Waals surface area contributed by atoms with Crippen molar-refractivity contribution in [1.29, 1.82) is 0 Å². The molecule has 2 aliphatic rings. The van der Waals surface area contributed by atoms with Gasteiger partial charge in [-0.25, -0.2) is 0 Å². The Morgan fingerprint density at radius 3 is 2.25 bits per heavy atom. The van der Waals surface area contributed by atoms with Gasteiger partial charge in [-0.15, -0.1) is 0 Å². The van der Waals surface area contributed by atoms with E-state index in [1.807, 2.05) is 0 Å². The van der Waals surface area contributed by atoms with Gasteiger partial charge in [0.2, 0.25) is 0 Å². The van der Waals surface area contributed by atoms with Crippen LogP contribution in [0.4, 0.5) is 0 Å². The summed E-state index contributed by atoms with van der Waals surface area (Å²) in [6.07, 6.45) is 8.35. The van der Waals surface area contributed by atoms with Crippen molar-refractivity contribution in [2.45, 2.75) is 44.6 Å². The lowest BCUT2D eigenvalue weighted by molar-refractivity contribution is 0.0928. The smallest absolute Gasteiger partial charge is 0.0120 e. The Bertz CT molecular complexity index is 184. The number of piperidine rings is 2. The number of rotatable bonds is 4. The topological polar surface area (TPSA) is 6.48 Å². The molecule has 2 nitrogen and oxygen atoms in total. The van der Waals surface area contributed by atoms with Gasteiger partial charge in [0.1, 0.15) is 0 Å². The van der Waals surface area contributed by atoms with Crippen LogP contribution in [-0.4, -0.2) is 54.3 Å². The number of nitrogens with zero attached hydrogens (tertiary/aromatic N) is 2. The van der Waals surface area contributed by atoms with E-state index in [-0.39, 0.29) is 0 Å². The Kier molecular flexibility index (Phi) is 5.46. The molecule has 94 valence electrons. The van der Waals surface area contributed by atoms with E-state index in [1.54, 1.807) is 0 Å². The molecule has 16 heavy (non-hydrogen) atoms. The molecule has 0 amide bonds. The van der Waals surface area contributed by atoms with Crippen LogP contribution in [0.1, 0.15) is 38.5 Å². The zero-order valence-electron chi connectivity index (χ0n) is 10.4. The van der Waals surface area contributed by atoms with E-state index in [0.717, 1.165) is 11.8 Å². The van der Waals surface area contributed by atoms with Gasteiger partial charge < -0.3 is 9.80 Å². The highest BCUT2D eigenvalue weighted by molar-refractivity contribution is 7.80. The quantitative estimate of drug-likeness (QED) is 0.756. The number of likely N-dealkylation sites (tertiary alicyclic amines) is 2. The minimum Gasteiger partial charge on any atom is -0.303 e. The van der Waals surface area contributed by atoms with E-state index >= 15 is 0 Å². The molecule has 3 heteroatoms. The maximum absolute atomic E-state index is 4.29. The van der Waals surface area contributed by atoms with Gasteiger partial charge in [-0.1, -0.05) is 6.42 Å². The minimum atomic E-state index is 0.896. The molecule has 0 radical (unpaired) electrons. The Labute approximate surface area is 106 Å². The lowest BCUT2D eigenvalue weighted by Gasteiger charge is -2.40. The van der Waals surface area contributed by atoms with Crippen LogP contribution in [0, 0.1) is 0 Å². The van der Waals surface area contributed by atoms with E-state index in [2.05, 4.69) is 22.4 Å². The van der Waals surface area contributed by atoms with Crippen molar-refractivity contribution in [2.24, 2.45) is 0 Å². The molecule has 0 aliphatic carbocycles. The van der Waals surface area contributed by atoms with E-state index < -0.39 is 0 Å². The predicted octanol–water partition coefficient (Wildman–Crippen LogP) is 2.26. The highest BCUT2D eigenvalue weighted by Gasteiger charge is 2.24. The maximum Gasteiger partial charge on any atom is 0.0120 e. The Morgan fingerprint density at radius 1 is 0.938 bits per heavy atom. The molecular formula is C13H26N2S. The zero-order chi connectivity index (χ0) is 11.2. The second-order valence-corrected chi connectivity index (χ2v) is 5.69. The first-order valence-corrected chi connectivity index (χ1v) is 7.60. The van der Waals surface area contributed by atoms with E-state index in [4.69, 9.17) is 0 Å². The molecule has 0 atom stereocenters. The van der Waals surface area contributed by atoms with Gasteiger partial charge in [-0.05, 0) is 70.6 Å². The lowest BCUT2D eigenvalue weighted by Crippen LogP contribution is -2.46. The Morgan fingerprint density at radius 2 is 1.62 bits per heavy atom. The van der Waals surface area contributed by atoms with Crippen LogP contribution in [0.25, 0.3) is 0 Å². The van der Waals surface area contributed by atoms with Crippen molar-refractivity contribution < 1.29 is 0 Å². The summed E-state index contributed by atoms with van der Waals surface area (Å²) in [6, 6.07) is 0.896. The van der Waals surface area contributed by atoms with E-state index in [9.17, 15) is 0 Å². The number of hydrogen-bond acceptors (Lipinski definition) is 3. The summed E-state index contributed by atoms with van der Waals surface area (Å²) >= 11 is 4.29. The van der Waals surface area contributed by atoms with Crippen LogP contribution in [-0.2, 0) is 0 Å². The summed E-state index contributed by atoms with van der Waals surface area (Å²) in [7, 11) is 0. The first-order valence-electron chi connectivity index (χ1n) is 6.97. The largest absolute Gasteiger partial charge is 0.303 e. The van der Waals surface area contributed by atoms with Crippen molar-refractivity contribution in [3.05, 3.63) is 0 Å². The highest BCUT2D eigenvalue weighted by Crippen LogP contribution is 2.20. The number of hydrogen-bond donors (Lipinski definition) is 1. The molecule has 0 aromatic heterocycles. The summed E-state index contributed by atoms with van der Waals surface area (Å²) < 4.78 is 0. The fourth-order valence-electron chi connectivity index (χ4n) is 3.09. The third kappa shape index (κ3) is 3.64. The summed E-state index contributed by atoms with van der Waals surface area (Å²) in [4.78, 5) is 5.37. The highest BCUT2D eigenvalue weighted by atomic mass is 32.1. The van der Waals surface area contributed by atoms with Crippen molar-refractivity contribution in [3.8, 4) is 0 Å². The van der Waals surface area contributed by atoms with Crippen molar-refractivity contribution in [2.75, 3.05) is 38.5 Å². The molecule has 0 unspecified atom stereocenters. The molecule has 0 spiro atoms. The molecule has 2 fully saturated rings. The summed E-state index contributed by atoms with van der Waals surface area (Å²) in [5, 5.41) is 0. The van der Waals surface area contributed by atoms with Crippen LogP contribution in [0.3, 0.4) is 0 Å². The van der Waals surface area contributed by atoms with Gasteiger partial charge in [0.05, 0.1) is 0 Å². The van der Waals surface area contributed by atoms with Crippen LogP contribution < -0.4 is 0 Å². The van der Waals surface area contributed by atoms with Gasteiger partial charge in [0.15, 0.2) is 0 Å². The van der Waals surface area contributed by atoms with Crippen LogP contribution in [0.5, 0.6) is 0 Å². The fraction of sp³-hybridized carbons (Fsp3) is 1.00. The molecule has 0 N–H and O–H groups in total. The van der Waals surface area contributed by atoms with Gasteiger partial charge >= 0.3 is 0 Å². The van der Waals surface area contributed by atoms with Gasteiger partial charge in [0, 0.05) is 6.04 Å². The average Bonchev–Trinajstić information content (AvgIpc) is 2.38. The van der Waals surface area contributed by atoms with Gasteiger partial charge in [-0.2, -0.15) is 12.6 Å². The molecule has 2 heterocycles. The zero-order valence-corrected chi connectivity index (χ0v) is 11.3. The second kappa shape index (κ2) is 6.87. The van der Waals surface area contributed by atoms with Crippen molar-refractivity contribution in [3.63, 3.8) is 0 Å². The lowest BCUT2D eigenvalue weighted by atomic mass is 10.00. The third-order valence-corrected chi connectivity index (χ3v) is 4.41. The molecule has 0 aromatic rings. The second-order valence-electron chi connectivity index (χ2n) is 5.25. The third-order valence-electron chi connectivity index (χ3n) is 4.10. The van der Waals surface area contributed by atoms with Crippen molar-refractivity contribution >= 4 is 12.6 Å². The Balaban J connectivity index is 1.67. The molecule has 2 saturated heterocycles. The van der Waals surface area contributed by atoms with E-state index in [1.165, 1.54) is 71.2 Å². The maximum atomic E-state index is 4.29. The predicted molar refractivity (Wildman–Crippen MR) is 73.4 cm³/mol. The summed E-state index contributed by atoms with van der Waals surface area (Å²) in [5.41, 5.74) is 0. The molecule has 2 aliphatic heterocycles. The van der Waals surface area contributed by atoms with Crippen molar-refractivity contribution in [1.82, 2.24) is 9.80 Å². The van der Waals surface area contributed by atoms with Gasteiger partial charge in [-0.3, -0.25) is 0 Å². The molecule has 0 aromatic carbocycles. The van der Waals surface area contributed by atoms with Crippen LogP contribution in [0.15, 0.2) is 0 Å². The summed E-state index contributed by atoms with van der Waals surface area (Å²) in [5.74, 6) is 1.03. The SMILES string of the molecule is SCCCN1CCC(N2CCCCC2)CC1. The molecule has 2 rings (SSSR count). The molecular weight excluding hydrogens is 216 g/mol. The first kappa shape index (κ1) is 12.7. The minimum absolute atomic E-state index is 0.896. The Hall–Kier alpha value is 0.270. The van der Waals surface area contributed by atoms with Gasteiger partial charge in [0.25, 0.3) is 0 Å². The van der Waals surface area contributed by atoms with Crippen LogP contribution in [0.2, 0.25) is 0 Å². The first-order chi connectivity index (χ1) is 7.90. The monoisotopic (exact) mass is 242 g/mol. The standard InChI is InChI=1S/C13H26N2S/c16-12-4-7-14-10-5-13(6-11-14)15-8-2-1-3-9-15/h13,16H,1-12H2. The fourth-order valence-corrected chi connectivity index (χ4v) is 3.23. The number of thiol groups is 1. The molecule has 0 bridgehead atoms. The summed E-state index contributed by atoms with van der Waals surface area (Å²) in [6.45, 7) is 6.61. The normalized spacial score (nSPS) is 26.1. The molecule has 0 saturated carbocycles.